The Morgan fingerprint density at radius 2 is 2.21 bits per heavy atom. The second kappa shape index (κ2) is 4.49. The third-order valence-corrected chi connectivity index (χ3v) is 4.49. The van der Waals surface area contributed by atoms with Crippen molar-refractivity contribution in [3.8, 4) is 11.3 Å². The van der Waals surface area contributed by atoms with Crippen molar-refractivity contribution >= 4 is 0 Å². The van der Waals surface area contributed by atoms with Crippen LogP contribution in [0, 0.1) is 0 Å². The third-order valence-electron chi connectivity index (χ3n) is 4.49. The van der Waals surface area contributed by atoms with Gasteiger partial charge in [0.1, 0.15) is 5.82 Å². The number of nitrogens with zero attached hydrogens (tertiary/aromatic N) is 2. The van der Waals surface area contributed by atoms with Gasteiger partial charge in [-0.1, -0.05) is 24.6 Å². The van der Waals surface area contributed by atoms with Crippen LogP contribution in [0.1, 0.15) is 36.6 Å². The lowest BCUT2D eigenvalue weighted by Crippen LogP contribution is -2.28. The number of benzene rings is 1. The molecule has 2 heterocycles. The molecular formula is C16H19N3. The van der Waals surface area contributed by atoms with Gasteiger partial charge in [0.05, 0.1) is 18.4 Å². The maximum atomic E-state index is 4.54. The molecule has 2 aromatic rings. The van der Waals surface area contributed by atoms with Gasteiger partial charge < -0.3 is 9.88 Å². The Hall–Kier alpha value is -1.61. The number of nitrogens with one attached hydrogen (secondary N) is 1. The molecule has 1 aromatic carbocycles. The second-order valence-corrected chi connectivity index (χ2v) is 5.64. The highest BCUT2D eigenvalue weighted by Gasteiger charge is 2.20. The average molecular weight is 253 g/mol. The van der Waals surface area contributed by atoms with Crippen LogP contribution in [0.15, 0.2) is 30.5 Å². The summed E-state index contributed by atoms with van der Waals surface area (Å²) in [5.74, 6) is 1.96. The van der Waals surface area contributed by atoms with Gasteiger partial charge in [0.25, 0.3) is 0 Å². The van der Waals surface area contributed by atoms with Crippen molar-refractivity contribution in [2.24, 2.45) is 0 Å². The quantitative estimate of drug-likeness (QED) is 0.892. The predicted octanol–water partition coefficient (Wildman–Crippen LogP) is 2.92. The fourth-order valence-electron chi connectivity index (χ4n) is 3.12. The normalized spacial score (nSPS) is 18.9. The lowest BCUT2D eigenvalue weighted by molar-refractivity contribution is 0.420. The van der Waals surface area contributed by atoms with Gasteiger partial charge in [-0.2, -0.15) is 0 Å². The summed E-state index contributed by atoms with van der Waals surface area (Å²) in [6.07, 6.45) is 6.14. The molecule has 4 rings (SSSR count). The highest BCUT2D eigenvalue weighted by Crippen LogP contribution is 2.37. The minimum Gasteiger partial charge on any atom is -0.326 e. The number of rotatable bonds is 2. The molecule has 98 valence electrons. The van der Waals surface area contributed by atoms with Crippen molar-refractivity contribution < 1.29 is 0 Å². The van der Waals surface area contributed by atoms with Crippen LogP contribution in [-0.2, 0) is 13.1 Å². The van der Waals surface area contributed by atoms with Gasteiger partial charge in [0, 0.05) is 18.7 Å². The zero-order valence-electron chi connectivity index (χ0n) is 11.1. The summed E-state index contributed by atoms with van der Waals surface area (Å²) in [5, 5.41) is 3.37. The van der Waals surface area contributed by atoms with Crippen molar-refractivity contribution in [3.63, 3.8) is 0 Å². The Kier molecular flexibility index (Phi) is 2.66. The van der Waals surface area contributed by atoms with E-state index >= 15 is 0 Å². The van der Waals surface area contributed by atoms with Crippen LogP contribution < -0.4 is 5.32 Å². The van der Waals surface area contributed by atoms with Gasteiger partial charge in [0.2, 0.25) is 0 Å². The zero-order chi connectivity index (χ0) is 12.7. The summed E-state index contributed by atoms with van der Waals surface area (Å²) in [5.41, 5.74) is 4.11. The molecule has 0 unspecified atom stereocenters. The SMILES string of the molecule is c1cc(-c2cnc3n2CCNC3)cc(C2CCC2)c1. The van der Waals surface area contributed by atoms with Crippen LogP contribution in [-0.4, -0.2) is 16.1 Å². The molecule has 1 aliphatic carbocycles. The molecule has 3 heteroatoms. The molecule has 19 heavy (non-hydrogen) atoms. The molecule has 0 amide bonds. The van der Waals surface area contributed by atoms with Crippen molar-refractivity contribution in [2.75, 3.05) is 6.54 Å². The molecular weight excluding hydrogens is 234 g/mol. The van der Waals surface area contributed by atoms with Gasteiger partial charge in [-0.25, -0.2) is 4.98 Å². The number of imidazole rings is 1. The molecule has 0 spiro atoms. The van der Waals surface area contributed by atoms with E-state index in [9.17, 15) is 0 Å². The number of fused-ring (bicyclic) bond motifs is 1. The molecule has 0 saturated heterocycles. The van der Waals surface area contributed by atoms with Gasteiger partial charge in [-0.15, -0.1) is 0 Å². The van der Waals surface area contributed by atoms with E-state index in [1.807, 2.05) is 6.20 Å². The van der Waals surface area contributed by atoms with Crippen molar-refractivity contribution in [1.29, 1.82) is 0 Å². The first-order chi connectivity index (χ1) is 9.42. The topological polar surface area (TPSA) is 29.9 Å². The van der Waals surface area contributed by atoms with Gasteiger partial charge in [0.15, 0.2) is 0 Å². The van der Waals surface area contributed by atoms with E-state index in [0.717, 1.165) is 31.4 Å². The molecule has 3 nitrogen and oxygen atoms in total. The number of hydrogen-bond donors (Lipinski definition) is 1. The van der Waals surface area contributed by atoms with E-state index in [4.69, 9.17) is 0 Å². The smallest absolute Gasteiger partial charge is 0.123 e. The second-order valence-electron chi connectivity index (χ2n) is 5.64. The van der Waals surface area contributed by atoms with Crippen molar-refractivity contribution in [1.82, 2.24) is 14.9 Å². The molecule has 0 atom stereocenters. The van der Waals surface area contributed by atoms with E-state index in [2.05, 4.69) is 39.1 Å². The Labute approximate surface area is 113 Å². The van der Waals surface area contributed by atoms with Crippen LogP contribution in [0.3, 0.4) is 0 Å². The Morgan fingerprint density at radius 1 is 1.26 bits per heavy atom. The molecule has 1 N–H and O–H groups in total. The molecule has 1 aliphatic heterocycles. The molecule has 2 aliphatic rings. The number of aromatic nitrogens is 2. The summed E-state index contributed by atoms with van der Waals surface area (Å²) in [7, 11) is 0. The van der Waals surface area contributed by atoms with E-state index < -0.39 is 0 Å². The predicted molar refractivity (Wildman–Crippen MR) is 76.0 cm³/mol. The minimum atomic E-state index is 0.797. The first-order valence-electron chi connectivity index (χ1n) is 7.27. The van der Waals surface area contributed by atoms with E-state index in [1.54, 1.807) is 0 Å². The molecule has 0 bridgehead atoms. The van der Waals surface area contributed by atoms with Crippen molar-refractivity contribution in [3.05, 3.63) is 41.9 Å². The Bertz CT molecular complexity index is 596. The average Bonchev–Trinajstić information content (AvgIpc) is 2.81. The zero-order valence-corrected chi connectivity index (χ0v) is 11.1. The molecule has 0 radical (unpaired) electrons. The van der Waals surface area contributed by atoms with Gasteiger partial charge in [-0.05, 0) is 30.4 Å². The molecule has 1 saturated carbocycles. The fourth-order valence-corrected chi connectivity index (χ4v) is 3.12. The summed E-state index contributed by atoms with van der Waals surface area (Å²) < 4.78 is 2.36. The maximum absolute atomic E-state index is 4.54. The lowest BCUT2D eigenvalue weighted by Gasteiger charge is -2.26. The highest BCUT2D eigenvalue weighted by molar-refractivity contribution is 5.61. The van der Waals surface area contributed by atoms with E-state index in [-0.39, 0.29) is 0 Å². The minimum absolute atomic E-state index is 0.797. The maximum Gasteiger partial charge on any atom is 0.123 e. The Morgan fingerprint density at radius 3 is 3.05 bits per heavy atom. The first-order valence-corrected chi connectivity index (χ1v) is 7.27. The highest BCUT2D eigenvalue weighted by atomic mass is 15.2. The molecule has 1 fully saturated rings. The largest absolute Gasteiger partial charge is 0.326 e. The number of hydrogen-bond acceptors (Lipinski definition) is 2. The van der Waals surface area contributed by atoms with E-state index in [1.165, 1.54) is 36.1 Å². The lowest BCUT2D eigenvalue weighted by atomic mass is 9.79. The summed E-state index contributed by atoms with van der Waals surface area (Å²) in [6.45, 7) is 2.96. The summed E-state index contributed by atoms with van der Waals surface area (Å²) in [4.78, 5) is 4.54. The van der Waals surface area contributed by atoms with Crippen LogP contribution in [0.2, 0.25) is 0 Å². The third kappa shape index (κ3) is 1.89. The Balaban J connectivity index is 1.73. The van der Waals surface area contributed by atoms with Crippen molar-refractivity contribution in [2.45, 2.75) is 38.3 Å². The van der Waals surface area contributed by atoms with Crippen LogP contribution in [0.5, 0.6) is 0 Å². The van der Waals surface area contributed by atoms with Crippen LogP contribution >= 0.6 is 0 Å². The summed E-state index contributed by atoms with van der Waals surface area (Å²) >= 11 is 0. The monoisotopic (exact) mass is 253 g/mol. The van der Waals surface area contributed by atoms with E-state index in [0.29, 0.717) is 0 Å². The standard InChI is InChI=1S/C16H19N3/c1-3-12(4-1)13-5-2-6-14(9-13)15-10-18-16-11-17-7-8-19(15)16/h2,5-6,9-10,12,17H,1,3-4,7-8,11H2. The summed E-state index contributed by atoms with van der Waals surface area (Å²) in [6, 6.07) is 9.07. The first kappa shape index (κ1) is 11.2. The van der Waals surface area contributed by atoms with Gasteiger partial charge in [-0.3, -0.25) is 0 Å². The molecule has 1 aromatic heterocycles. The van der Waals surface area contributed by atoms with Crippen LogP contribution in [0.25, 0.3) is 11.3 Å². The van der Waals surface area contributed by atoms with Crippen LogP contribution in [0.4, 0.5) is 0 Å². The van der Waals surface area contributed by atoms with Gasteiger partial charge >= 0.3 is 0 Å². The fraction of sp³-hybridized carbons (Fsp3) is 0.438.